The second kappa shape index (κ2) is 5.95. The van der Waals surface area contributed by atoms with Gasteiger partial charge >= 0.3 is 12.3 Å². The highest BCUT2D eigenvalue weighted by Crippen LogP contribution is 2.23. The van der Waals surface area contributed by atoms with Gasteiger partial charge in [-0.3, -0.25) is 4.79 Å². The van der Waals surface area contributed by atoms with Crippen molar-refractivity contribution in [1.29, 1.82) is 0 Å². The summed E-state index contributed by atoms with van der Waals surface area (Å²) in [6, 6.07) is 7.88. The van der Waals surface area contributed by atoms with Crippen molar-refractivity contribution in [1.82, 2.24) is 0 Å². The smallest absolute Gasteiger partial charge is 0.330 e. The maximum Gasteiger partial charge on any atom is 0.330 e. The zero-order chi connectivity index (χ0) is 13.8. The molecule has 18 heavy (non-hydrogen) atoms. The molecule has 0 N–H and O–H groups in total. The van der Waals surface area contributed by atoms with Crippen LogP contribution in [0.15, 0.2) is 30.3 Å². The lowest BCUT2D eigenvalue weighted by Gasteiger charge is -2.18. The van der Waals surface area contributed by atoms with Gasteiger partial charge in [0.15, 0.2) is 5.78 Å². The molecule has 0 fully saturated rings. The van der Waals surface area contributed by atoms with Crippen molar-refractivity contribution in [3.05, 3.63) is 35.9 Å². The monoisotopic (exact) mass is 264 g/mol. The van der Waals surface area contributed by atoms with Crippen molar-refractivity contribution in [3.63, 3.8) is 0 Å². The van der Waals surface area contributed by atoms with E-state index in [1.54, 1.807) is 18.2 Å². The number of carbonyl (C=O) groups is 1. The van der Waals surface area contributed by atoms with E-state index in [0.717, 1.165) is 0 Å². The summed E-state index contributed by atoms with van der Waals surface area (Å²) < 4.78 is 53.4. The van der Waals surface area contributed by atoms with Crippen LogP contribution in [0.5, 0.6) is 0 Å². The fourth-order valence-corrected chi connectivity index (χ4v) is 1.21. The van der Waals surface area contributed by atoms with Crippen LogP contribution in [-0.2, 0) is 4.74 Å². The summed E-state index contributed by atoms with van der Waals surface area (Å²) in [5, 5.41) is 0. The Morgan fingerprint density at radius 1 is 1.28 bits per heavy atom. The number of halogens is 4. The van der Waals surface area contributed by atoms with Gasteiger partial charge in [0.1, 0.15) is 12.7 Å². The summed E-state index contributed by atoms with van der Waals surface area (Å²) >= 11 is 0. The molecular formula is C12H12F4O2. The molecular weight excluding hydrogens is 252 g/mol. The van der Waals surface area contributed by atoms with Crippen LogP contribution in [0, 0.1) is 0 Å². The molecule has 6 heteroatoms. The minimum atomic E-state index is -4.24. The molecule has 0 spiro atoms. The van der Waals surface area contributed by atoms with Gasteiger partial charge in [0.2, 0.25) is 0 Å². The van der Waals surface area contributed by atoms with Gasteiger partial charge in [0.05, 0.1) is 0 Å². The van der Waals surface area contributed by atoms with Crippen LogP contribution in [0.2, 0.25) is 0 Å². The topological polar surface area (TPSA) is 26.3 Å². The van der Waals surface area contributed by atoms with Crippen LogP contribution in [0.25, 0.3) is 0 Å². The molecule has 100 valence electrons. The van der Waals surface area contributed by atoms with Crippen LogP contribution in [0.1, 0.15) is 17.3 Å². The van der Waals surface area contributed by atoms with E-state index >= 15 is 0 Å². The molecule has 0 saturated heterocycles. The third kappa shape index (κ3) is 3.80. The molecule has 2 nitrogen and oxygen atoms in total. The number of benzene rings is 1. The standard InChI is InChI=1S/C12H12F4O2/c1-8(18-7-12(15,16)11(13)14)10(17)9-5-3-2-4-6-9/h2-6,8,11H,7H2,1H3. The Morgan fingerprint density at radius 3 is 2.33 bits per heavy atom. The van der Waals surface area contributed by atoms with E-state index in [2.05, 4.69) is 4.74 Å². The number of rotatable bonds is 6. The molecule has 0 aromatic heterocycles. The van der Waals surface area contributed by atoms with E-state index in [1.165, 1.54) is 19.1 Å². The average molecular weight is 264 g/mol. The largest absolute Gasteiger partial charge is 0.364 e. The molecule has 1 unspecified atom stereocenters. The first-order chi connectivity index (χ1) is 8.34. The van der Waals surface area contributed by atoms with Crippen molar-refractivity contribution >= 4 is 5.78 Å². The maximum absolute atomic E-state index is 12.6. The number of ether oxygens (including phenoxy) is 1. The average Bonchev–Trinajstić information content (AvgIpc) is 2.36. The van der Waals surface area contributed by atoms with Crippen LogP contribution < -0.4 is 0 Å². The Bertz CT molecular complexity index is 392. The van der Waals surface area contributed by atoms with Gasteiger partial charge in [-0.25, -0.2) is 8.78 Å². The molecule has 1 aromatic rings. The Morgan fingerprint density at radius 2 is 1.83 bits per heavy atom. The number of ketones is 1. The maximum atomic E-state index is 12.6. The first kappa shape index (κ1) is 14.6. The summed E-state index contributed by atoms with van der Waals surface area (Å²) in [5.41, 5.74) is 0.283. The summed E-state index contributed by atoms with van der Waals surface area (Å²) in [5.74, 6) is -4.77. The first-order valence-electron chi connectivity index (χ1n) is 5.21. The fraction of sp³-hybridized carbons (Fsp3) is 0.417. The minimum absolute atomic E-state index is 0.283. The molecule has 0 amide bonds. The number of Topliss-reactive ketones (excluding diaryl/α,β-unsaturated/α-hetero) is 1. The van der Waals surface area contributed by atoms with Crippen LogP contribution >= 0.6 is 0 Å². The predicted octanol–water partition coefficient (Wildman–Crippen LogP) is 3.17. The molecule has 0 aliphatic rings. The summed E-state index contributed by atoms with van der Waals surface area (Å²) in [4.78, 5) is 11.7. The van der Waals surface area contributed by atoms with Gasteiger partial charge in [0, 0.05) is 5.56 Å². The van der Waals surface area contributed by atoms with Gasteiger partial charge in [-0.1, -0.05) is 30.3 Å². The lowest BCUT2D eigenvalue weighted by molar-refractivity contribution is -0.170. The summed E-state index contributed by atoms with van der Waals surface area (Å²) in [6.45, 7) is -0.235. The van der Waals surface area contributed by atoms with Gasteiger partial charge in [-0.05, 0) is 6.92 Å². The van der Waals surface area contributed by atoms with Crippen LogP contribution in [0.4, 0.5) is 17.6 Å². The highest BCUT2D eigenvalue weighted by atomic mass is 19.3. The number of alkyl halides is 4. The number of carbonyl (C=O) groups excluding carboxylic acids is 1. The molecule has 1 atom stereocenters. The second-order valence-corrected chi connectivity index (χ2v) is 3.75. The van der Waals surface area contributed by atoms with Crippen LogP contribution in [0.3, 0.4) is 0 Å². The molecule has 0 aliphatic heterocycles. The summed E-state index contributed by atoms with van der Waals surface area (Å²) in [6.07, 6.45) is -5.01. The molecule has 0 bridgehead atoms. The van der Waals surface area contributed by atoms with Crippen molar-refractivity contribution < 1.29 is 27.1 Å². The third-order valence-electron chi connectivity index (χ3n) is 2.27. The number of hydrogen-bond acceptors (Lipinski definition) is 2. The normalized spacial score (nSPS) is 13.7. The minimum Gasteiger partial charge on any atom is -0.364 e. The predicted molar refractivity (Wildman–Crippen MR) is 57.1 cm³/mol. The SMILES string of the molecule is CC(OCC(F)(F)C(F)F)C(=O)c1ccccc1. The highest BCUT2D eigenvalue weighted by Gasteiger charge is 2.41. The molecule has 0 heterocycles. The van der Waals surface area contributed by atoms with Gasteiger partial charge < -0.3 is 4.74 Å². The zero-order valence-electron chi connectivity index (χ0n) is 9.58. The Kier molecular flexibility index (Phi) is 4.84. The van der Waals surface area contributed by atoms with Crippen molar-refractivity contribution in [2.75, 3.05) is 6.61 Å². The molecule has 0 aliphatic carbocycles. The van der Waals surface area contributed by atoms with E-state index in [4.69, 9.17) is 0 Å². The fourth-order valence-electron chi connectivity index (χ4n) is 1.21. The van der Waals surface area contributed by atoms with E-state index in [0.29, 0.717) is 0 Å². The third-order valence-corrected chi connectivity index (χ3v) is 2.27. The molecule has 1 aromatic carbocycles. The van der Waals surface area contributed by atoms with Crippen LogP contribution in [-0.4, -0.2) is 30.8 Å². The number of hydrogen-bond donors (Lipinski definition) is 0. The summed E-state index contributed by atoms with van der Waals surface area (Å²) in [7, 11) is 0. The van der Waals surface area contributed by atoms with Gasteiger partial charge in [0.25, 0.3) is 0 Å². The lowest BCUT2D eigenvalue weighted by atomic mass is 10.1. The van der Waals surface area contributed by atoms with E-state index in [9.17, 15) is 22.4 Å². The van der Waals surface area contributed by atoms with Crippen molar-refractivity contribution in [3.8, 4) is 0 Å². The van der Waals surface area contributed by atoms with E-state index in [-0.39, 0.29) is 5.56 Å². The van der Waals surface area contributed by atoms with E-state index in [1.807, 2.05) is 0 Å². The Balaban J connectivity index is 2.57. The first-order valence-corrected chi connectivity index (χ1v) is 5.21. The lowest BCUT2D eigenvalue weighted by Crippen LogP contribution is -2.35. The Labute approximate surface area is 102 Å². The Hall–Kier alpha value is -1.43. The van der Waals surface area contributed by atoms with Gasteiger partial charge in [-0.15, -0.1) is 0 Å². The van der Waals surface area contributed by atoms with Crippen molar-refractivity contribution in [2.45, 2.75) is 25.4 Å². The highest BCUT2D eigenvalue weighted by molar-refractivity contribution is 5.99. The van der Waals surface area contributed by atoms with Crippen molar-refractivity contribution in [2.24, 2.45) is 0 Å². The molecule has 0 radical (unpaired) electrons. The molecule has 1 rings (SSSR count). The van der Waals surface area contributed by atoms with E-state index < -0.39 is 30.8 Å². The molecule has 0 saturated carbocycles. The zero-order valence-corrected chi connectivity index (χ0v) is 9.58. The van der Waals surface area contributed by atoms with Gasteiger partial charge in [-0.2, -0.15) is 8.78 Å². The quantitative estimate of drug-likeness (QED) is 0.582. The second-order valence-electron chi connectivity index (χ2n) is 3.75.